The number of carbonyl (C=O) groups excluding carboxylic acids is 3. The number of hydrogen-bond acceptors (Lipinski definition) is 8. The first kappa shape index (κ1) is 21.7. The number of hydrazine groups is 1. The van der Waals surface area contributed by atoms with Crippen LogP contribution in [0.3, 0.4) is 0 Å². The quantitative estimate of drug-likeness (QED) is 0.309. The fraction of sp³-hybridized carbons (Fsp3) is 0.765. The van der Waals surface area contributed by atoms with Crippen molar-refractivity contribution in [2.24, 2.45) is 5.92 Å². The van der Waals surface area contributed by atoms with E-state index in [0.717, 1.165) is 0 Å². The van der Waals surface area contributed by atoms with Crippen LogP contribution in [0.25, 0.3) is 0 Å². The van der Waals surface area contributed by atoms with Crippen molar-refractivity contribution in [3.63, 3.8) is 0 Å². The van der Waals surface area contributed by atoms with Gasteiger partial charge in [-0.05, 0) is 46.5 Å². The molecule has 5 N–H and O–H groups in total. The molecule has 0 spiro atoms. The molecule has 1 unspecified atom stereocenters. The summed E-state index contributed by atoms with van der Waals surface area (Å²) in [6.07, 6.45) is -2.51. The zero-order valence-corrected chi connectivity index (χ0v) is 16.4. The number of aliphatic hydroxyl groups excluding tert-OH is 1. The van der Waals surface area contributed by atoms with Crippen LogP contribution in [-0.2, 0) is 14.3 Å². The summed E-state index contributed by atoms with van der Waals surface area (Å²) in [4.78, 5) is 36.1. The maximum Gasteiger partial charge on any atom is 0.408 e. The number of nitrogens with one attached hydrogen (secondary N) is 4. The Hall–Kier alpha value is -2.58. The summed E-state index contributed by atoms with van der Waals surface area (Å²) >= 11 is 0. The second-order valence-corrected chi connectivity index (χ2v) is 8.17. The average Bonchev–Trinajstić information content (AvgIpc) is 2.86. The van der Waals surface area contributed by atoms with Crippen molar-refractivity contribution in [2.45, 2.75) is 76.5 Å². The summed E-state index contributed by atoms with van der Waals surface area (Å²) < 4.78 is 10.1. The molecule has 1 saturated carbocycles. The minimum atomic E-state index is -1.31. The molecule has 0 aromatic carbocycles. The molecule has 2 aliphatic rings. The summed E-state index contributed by atoms with van der Waals surface area (Å²) in [7, 11) is 0. The molecule has 2 fully saturated rings. The van der Waals surface area contributed by atoms with Crippen LogP contribution in [0.1, 0.15) is 47.0 Å². The first-order valence-electron chi connectivity index (χ1n) is 9.05. The minimum absolute atomic E-state index is 0.0295. The summed E-state index contributed by atoms with van der Waals surface area (Å²) in [6.45, 7) is 6.71. The third kappa shape index (κ3) is 5.24. The number of aliphatic hydroxyl groups is 1. The lowest BCUT2D eigenvalue weighted by atomic mass is 9.66. The Bertz CT molecular complexity index is 664. The Labute approximate surface area is 163 Å². The van der Waals surface area contributed by atoms with Crippen molar-refractivity contribution < 1.29 is 29.0 Å². The Kier molecular flexibility index (Phi) is 6.36. The lowest BCUT2D eigenvalue weighted by molar-refractivity contribution is -0.136. The largest absolute Gasteiger partial charge is 0.444 e. The van der Waals surface area contributed by atoms with E-state index < -0.39 is 47.6 Å². The van der Waals surface area contributed by atoms with Crippen LogP contribution in [0, 0.1) is 17.2 Å². The molecule has 11 heteroatoms. The first-order chi connectivity index (χ1) is 13.0. The highest BCUT2D eigenvalue weighted by Crippen LogP contribution is 2.40. The lowest BCUT2D eigenvalue weighted by Crippen LogP contribution is -2.69. The highest BCUT2D eigenvalue weighted by molar-refractivity contribution is 5.90. The number of carbonyl (C=O) groups is 3. The van der Waals surface area contributed by atoms with E-state index in [0.29, 0.717) is 0 Å². The van der Waals surface area contributed by atoms with Gasteiger partial charge in [-0.25, -0.2) is 15.0 Å². The van der Waals surface area contributed by atoms with Gasteiger partial charge >= 0.3 is 12.2 Å². The van der Waals surface area contributed by atoms with Gasteiger partial charge in [0.15, 0.2) is 0 Å². The lowest BCUT2D eigenvalue weighted by Gasteiger charge is -2.45. The third-order valence-corrected chi connectivity index (χ3v) is 4.59. The van der Waals surface area contributed by atoms with Crippen LogP contribution in [0.2, 0.25) is 0 Å². The number of alkyl carbamates (subject to hydrolysis) is 2. The van der Waals surface area contributed by atoms with Crippen molar-refractivity contribution in [3.8, 4) is 6.07 Å². The number of nitriles is 1. The molecule has 1 aliphatic heterocycles. The van der Waals surface area contributed by atoms with E-state index >= 15 is 0 Å². The highest BCUT2D eigenvalue weighted by Gasteiger charge is 2.52. The molecule has 0 aromatic rings. The molecule has 1 heterocycles. The SMILES string of the molecule is C[C@H]1OC(=O)N[C@@H]1C(O)NNC(=O)C1(NC(=O)OC(C)(C)C)CC(CC#N)C1. The van der Waals surface area contributed by atoms with Crippen LogP contribution < -0.4 is 21.5 Å². The monoisotopic (exact) mass is 397 g/mol. The van der Waals surface area contributed by atoms with Gasteiger partial charge in [-0.15, -0.1) is 0 Å². The van der Waals surface area contributed by atoms with Crippen molar-refractivity contribution >= 4 is 18.1 Å². The van der Waals surface area contributed by atoms with Crippen molar-refractivity contribution in [3.05, 3.63) is 0 Å². The molecule has 0 aromatic heterocycles. The van der Waals surface area contributed by atoms with Crippen LogP contribution in [0.15, 0.2) is 0 Å². The Morgan fingerprint density at radius 3 is 2.61 bits per heavy atom. The average molecular weight is 397 g/mol. The highest BCUT2D eigenvalue weighted by atomic mass is 16.6. The van der Waals surface area contributed by atoms with Gasteiger partial charge in [0, 0.05) is 6.42 Å². The standard InChI is InChI=1S/C17H27N5O6/c1-9-11(19-14(25)27-9)12(23)21-22-13(24)17(7-10(8-17)5-6-18)20-15(26)28-16(2,3)4/h9-12,21,23H,5,7-8H2,1-4H3,(H,19,25)(H,20,26)(H,22,24)/t9-,10?,11+,12?,17?/m1/s1. The molecule has 156 valence electrons. The second-order valence-electron chi connectivity index (χ2n) is 8.17. The predicted molar refractivity (Wildman–Crippen MR) is 95.2 cm³/mol. The van der Waals surface area contributed by atoms with Gasteiger partial charge < -0.3 is 25.2 Å². The third-order valence-electron chi connectivity index (χ3n) is 4.59. The summed E-state index contributed by atoms with van der Waals surface area (Å²) in [5, 5.41) is 24.0. The first-order valence-corrected chi connectivity index (χ1v) is 9.05. The zero-order chi connectivity index (χ0) is 21.1. The zero-order valence-electron chi connectivity index (χ0n) is 16.4. The Morgan fingerprint density at radius 2 is 2.11 bits per heavy atom. The van der Waals surface area contributed by atoms with Gasteiger partial charge in [0.2, 0.25) is 0 Å². The van der Waals surface area contributed by atoms with Crippen molar-refractivity contribution in [2.75, 3.05) is 0 Å². The Balaban J connectivity index is 1.97. The van der Waals surface area contributed by atoms with E-state index in [1.165, 1.54) is 0 Å². The molecule has 11 nitrogen and oxygen atoms in total. The van der Waals surface area contributed by atoms with Gasteiger partial charge in [0.05, 0.1) is 6.07 Å². The van der Waals surface area contributed by atoms with Gasteiger partial charge in [0.25, 0.3) is 5.91 Å². The fourth-order valence-corrected chi connectivity index (χ4v) is 3.26. The molecule has 28 heavy (non-hydrogen) atoms. The topological polar surface area (TPSA) is 162 Å². The molecule has 3 atom stereocenters. The normalized spacial score (nSPS) is 30.1. The smallest absolute Gasteiger partial charge is 0.408 e. The predicted octanol–water partition coefficient (Wildman–Crippen LogP) is 0.00968. The van der Waals surface area contributed by atoms with Gasteiger partial charge in [-0.3, -0.25) is 10.2 Å². The summed E-state index contributed by atoms with van der Waals surface area (Å²) in [5.74, 6) is -0.609. The van der Waals surface area contributed by atoms with E-state index in [2.05, 4.69) is 21.5 Å². The summed E-state index contributed by atoms with van der Waals surface area (Å²) in [5.41, 5.74) is 2.81. The number of cyclic esters (lactones) is 1. The molecule has 3 amide bonds. The van der Waals surface area contributed by atoms with Gasteiger partial charge in [0.1, 0.15) is 29.5 Å². The van der Waals surface area contributed by atoms with E-state index in [4.69, 9.17) is 14.7 Å². The molecule has 1 aliphatic carbocycles. The van der Waals surface area contributed by atoms with E-state index in [9.17, 15) is 19.5 Å². The molecule has 1 saturated heterocycles. The maximum absolute atomic E-state index is 12.7. The fourth-order valence-electron chi connectivity index (χ4n) is 3.26. The van der Waals surface area contributed by atoms with Crippen LogP contribution in [0.4, 0.5) is 9.59 Å². The van der Waals surface area contributed by atoms with Crippen molar-refractivity contribution in [1.29, 1.82) is 5.26 Å². The van der Waals surface area contributed by atoms with Crippen LogP contribution >= 0.6 is 0 Å². The van der Waals surface area contributed by atoms with Gasteiger partial charge in [-0.1, -0.05) is 0 Å². The van der Waals surface area contributed by atoms with E-state index in [1.807, 2.05) is 6.07 Å². The molecule has 0 radical (unpaired) electrons. The number of amides is 3. The molecule has 0 bridgehead atoms. The minimum Gasteiger partial charge on any atom is -0.444 e. The van der Waals surface area contributed by atoms with Crippen LogP contribution in [-0.4, -0.2) is 52.7 Å². The number of nitrogens with zero attached hydrogens (tertiary/aromatic N) is 1. The van der Waals surface area contributed by atoms with Crippen molar-refractivity contribution in [1.82, 2.24) is 21.5 Å². The van der Waals surface area contributed by atoms with E-state index in [1.54, 1.807) is 27.7 Å². The molecule has 2 rings (SSSR count). The molecular formula is C17H27N5O6. The number of hydrogen-bond donors (Lipinski definition) is 5. The van der Waals surface area contributed by atoms with E-state index in [-0.39, 0.29) is 25.2 Å². The second kappa shape index (κ2) is 8.20. The van der Waals surface area contributed by atoms with Crippen LogP contribution in [0.5, 0.6) is 0 Å². The van der Waals surface area contributed by atoms with Gasteiger partial charge in [-0.2, -0.15) is 5.26 Å². The summed E-state index contributed by atoms with van der Waals surface area (Å²) in [6, 6.07) is 1.29. The number of rotatable bonds is 6. The maximum atomic E-state index is 12.7. The Morgan fingerprint density at radius 1 is 1.46 bits per heavy atom. The molecular weight excluding hydrogens is 370 g/mol. The number of ether oxygens (including phenoxy) is 2.